The van der Waals surface area contributed by atoms with Crippen LogP contribution < -0.4 is 10.5 Å². The van der Waals surface area contributed by atoms with E-state index in [1.54, 1.807) is 6.20 Å². The van der Waals surface area contributed by atoms with E-state index >= 15 is 0 Å². The zero-order valence-electron chi connectivity index (χ0n) is 11.6. The van der Waals surface area contributed by atoms with Crippen molar-refractivity contribution in [3.8, 4) is 5.75 Å². The van der Waals surface area contributed by atoms with E-state index in [4.69, 9.17) is 10.5 Å². The molecule has 2 rings (SSSR count). The van der Waals surface area contributed by atoms with Crippen molar-refractivity contribution >= 4 is 0 Å². The van der Waals surface area contributed by atoms with Crippen molar-refractivity contribution in [2.75, 3.05) is 6.61 Å². The predicted molar refractivity (Wildman–Crippen MR) is 73.5 cm³/mol. The standard InChI is InChI=1S/C15H24N2O/c1-4-18-12-8-11(9-17-10-12)14(16)13-6-5-7-15(13,2)3/h8-10,13-14H,4-7,16H2,1-3H3. The topological polar surface area (TPSA) is 48.1 Å². The van der Waals surface area contributed by atoms with Crippen LogP contribution >= 0.6 is 0 Å². The van der Waals surface area contributed by atoms with Crippen molar-refractivity contribution in [1.29, 1.82) is 0 Å². The van der Waals surface area contributed by atoms with Gasteiger partial charge in [-0.2, -0.15) is 0 Å². The van der Waals surface area contributed by atoms with Crippen molar-refractivity contribution in [2.24, 2.45) is 17.1 Å². The Morgan fingerprint density at radius 3 is 2.89 bits per heavy atom. The zero-order chi connectivity index (χ0) is 13.2. The maximum atomic E-state index is 6.45. The Bertz CT molecular complexity index is 403. The van der Waals surface area contributed by atoms with Gasteiger partial charge in [0, 0.05) is 12.2 Å². The van der Waals surface area contributed by atoms with E-state index in [2.05, 4.69) is 18.8 Å². The largest absolute Gasteiger partial charge is 0.492 e. The van der Waals surface area contributed by atoms with Crippen molar-refractivity contribution in [3.05, 3.63) is 24.0 Å². The molecule has 0 aromatic carbocycles. The van der Waals surface area contributed by atoms with Gasteiger partial charge in [-0.3, -0.25) is 4.98 Å². The Hall–Kier alpha value is -1.09. The molecule has 1 fully saturated rings. The minimum Gasteiger partial charge on any atom is -0.492 e. The molecular formula is C15H24N2O. The van der Waals surface area contributed by atoms with Crippen LogP contribution in [0.25, 0.3) is 0 Å². The summed E-state index contributed by atoms with van der Waals surface area (Å²) in [6, 6.07) is 2.10. The van der Waals surface area contributed by atoms with Crippen LogP contribution in [0.2, 0.25) is 0 Å². The van der Waals surface area contributed by atoms with Crippen LogP contribution in [0.5, 0.6) is 5.75 Å². The second kappa shape index (κ2) is 5.27. The molecule has 3 heteroatoms. The molecule has 1 aliphatic carbocycles. The molecule has 2 N–H and O–H groups in total. The van der Waals surface area contributed by atoms with Crippen molar-refractivity contribution in [1.82, 2.24) is 4.98 Å². The number of aromatic nitrogens is 1. The number of nitrogens with two attached hydrogens (primary N) is 1. The van der Waals surface area contributed by atoms with Gasteiger partial charge in [0.25, 0.3) is 0 Å². The summed E-state index contributed by atoms with van der Waals surface area (Å²) in [7, 11) is 0. The summed E-state index contributed by atoms with van der Waals surface area (Å²) in [5, 5.41) is 0. The van der Waals surface area contributed by atoms with Crippen molar-refractivity contribution in [2.45, 2.75) is 46.1 Å². The van der Waals surface area contributed by atoms with Crippen LogP contribution in [-0.2, 0) is 0 Å². The second-order valence-corrected chi connectivity index (χ2v) is 5.90. The summed E-state index contributed by atoms with van der Waals surface area (Å²) in [5.74, 6) is 1.36. The average Bonchev–Trinajstić information content (AvgIpc) is 2.69. The lowest BCUT2D eigenvalue weighted by atomic mass is 9.76. The number of rotatable bonds is 4. The lowest BCUT2D eigenvalue weighted by Crippen LogP contribution is -2.29. The first-order valence-electron chi connectivity index (χ1n) is 6.88. The third kappa shape index (κ3) is 2.66. The van der Waals surface area contributed by atoms with Gasteiger partial charge in [0.05, 0.1) is 12.8 Å². The van der Waals surface area contributed by atoms with Gasteiger partial charge in [0.2, 0.25) is 0 Å². The normalized spacial score (nSPS) is 23.9. The summed E-state index contributed by atoms with van der Waals surface area (Å²) < 4.78 is 5.49. The molecule has 0 radical (unpaired) electrons. The Kier molecular flexibility index (Phi) is 3.91. The Morgan fingerprint density at radius 1 is 1.50 bits per heavy atom. The number of nitrogens with zero attached hydrogens (tertiary/aromatic N) is 1. The van der Waals surface area contributed by atoms with E-state index in [0.717, 1.165) is 11.3 Å². The molecule has 0 aliphatic heterocycles. The molecule has 1 aliphatic rings. The highest BCUT2D eigenvalue weighted by Crippen LogP contribution is 2.47. The molecular weight excluding hydrogens is 224 g/mol. The molecule has 2 atom stereocenters. The molecule has 1 aromatic rings. The SMILES string of the molecule is CCOc1cncc(C(N)C2CCCC2(C)C)c1. The van der Waals surface area contributed by atoms with Gasteiger partial charge in [0.1, 0.15) is 5.75 Å². The smallest absolute Gasteiger partial charge is 0.137 e. The molecule has 100 valence electrons. The molecule has 0 spiro atoms. The summed E-state index contributed by atoms with van der Waals surface area (Å²) in [6.45, 7) is 7.29. The van der Waals surface area contributed by atoms with E-state index in [-0.39, 0.29) is 6.04 Å². The maximum Gasteiger partial charge on any atom is 0.137 e. The Balaban J connectivity index is 2.17. The molecule has 0 bridgehead atoms. The molecule has 18 heavy (non-hydrogen) atoms. The van der Waals surface area contributed by atoms with Gasteiger partial charge >= 0.3 is 0 Å². The molecule has 1 heterocycles. The van der Waals surface area contributed by atoms with E-state index in [1.165, 1.54) is 19.3 Å². The summed E-state index contributed by atoms with van der Waals surface area (Å²) >= 11 is 0. The Labute approximate surface area is 110 Å². The van der Waals surface area contributed by atoms with Crippen LogP contribution in [0.1, 0.15) is 51.6 Å². The fraction of sp³-hybridized carbons (Fsp3) is 0.667. The fourth-order valence-electron chi connectivity index (χ4n) is 3.12. The van der Waals surface area contributed by atoms with Crippen molar-refractivity contribution in [3.63, 3.8) is 0 Å². The molecule has 1 saturated carbocycles. The lowest BCUT2D eigenvalue weighted by molar-refractivity contribution is 0.221. The van der Waals surface area contributed by atoms with Gasteiger partial charge in [-0.15, -0.1) is 0 Å². The highest BCUT2D eigenvalue weighted by Gasteiger charge is 2.38. The maximum absolute atomic E-state index is 6.45. The van der Waals surface area contributed by atoms with Crippen LogP contribution in [0, 0.1) is 11.3 Å². The van der Waals surface area contributed by atoms with E-state index in [9.17, 15) is 0 Å². The molecule has 0 saturated heterocycles. The highest BCUT2D eigenvalue weighted by atomic mass is 16.5. The van der Waals surface area contributed by atoms with Gasteiger partial charge in [0.15, 0.2) is 0 Å². The summed E-state index contributed by atoms with van der Waals surface area (Å²) in [5.41, 5.74) is 7.88. The molecule has 2 unspecified atom stereocenters. The molecule has 3 nitrogen and oxygen atoms in total. The van der Waals surface area contributed by atoms with Crippen LogP contribution in [0.15, 0.2) is 18.5 Å². The first-order chi connectivity index (χ1) is 8.54. The minimum atomic E-state index is 0.0652. The quantitative estimate of drug-likeness (QED) is 0.889. The number of hydrogen-bond acceptors (Lipinski definition) is 3. The van der Waals surface area contributed by atoms with E-state index < -0.39 is 0 Å². The first-order valence-corrected chi connectivity index (χ1v) is 6.88. The van der Waals surface area contributed by atoms with Crippen LogP contribution in [0.3, 0.4) is 0 Å². The molecule has 0 amide bonds. The van der Waals surface area contributed by atoms with Gasteiger partial charge in [-0.1, -0.05) is 20.3 Å². The molecule has 1 aromatic heterocycles. The second-order valence-electron chi connectivity index (χ2n) is 5.90. The monoisotopic (exact) mass is 248 g/mol. The zero-order valence-corrected chi connectivity index (χ0v) is 11.6. The van der Waals surface area contributed by atoms with Crippen LogP contribution in [-0.4, -0.2) is 11.6 Å². The number of pyridine rings is 1. The van der Waals surface area contributed by atoms with E-state index in [1.807, 2.05) is 19.2 Å². The van der Waals surface area contributed by atoms with Gasteiger partial charge < -0.3 is 10.5 Å². The lowest BCUT2D eigenvalue weighted by Gasteiger charge is -2.32. The van der Waals surface area contributed by atoms with Crippen molar-refractivity contribution < 1.29 is 4.74 Å². The predicted octanol–water partition coefficient (Wildman–Crippen LogP) is 3.31. The highest BCUT2D eigenvalue weighted by molar-refractivity contribution is 5.26. The minimum absolute atomic E-state index is 0.0652. The third-order valence-electron chi connectivity index (χ3n) is 4.20. The summed E-state index contributed by atoms with van der Waals surface area (Å²) in [6.07, 6.45) is 7.39. The fourth-order valence-corrected chi connectivity index (χ4v) is 3.12. The van der Waals surface area contributed by atoms with Crippen LogP contribution in [0.4, 0.5) is 0 Å². The van der Waals surface area contributed by atoms with Gasteiger partial charge in [-0.25, -0.2) is 0 Å². The first kappa shape index (κ1) is 13.3. The average molecular weight is 248 g/mol. The third-order valence-corrected chi connectivity index (χ3v) is 4.20. The van der Waals surface area contributed by atoms with E-state index in [0.29, 0.717) is 17.9 Å². The summed E-state index contributed by atoms with van der Waals surface area (Å²) in [4.78, 5) is 4.24. The number of ether oxygens (including phenoxy) is 1. The van der Waals surface area contributed by atoms with Gasteiger partial charge in [-0.05, 0) is 42.7 Å². The number of hydrogen-bond donors (Lipinski definition) is 1. The Morgan fingerprint density at radius 2 is 2.28 bits per heavy atom.